The number of carboxylic acids is 1. The van der Waals surface area contributed by atoms with Gasteiger partial charge in [0.1, 0.15) is 0 Å². The van der Waals surface area contributed by atoms with Crippen LogP contribution >= 0.6 is 0 Å². The summed E-state index contributed by atoms with van der Waals surface area (Å²) in [5.74, 6) is -0.203. The molecule has 1 fully saturated rings. The zero-order chi connectivity index (χ0) is 15.9. The van der Waals surface area contributed by atoms with E-state index in [2.05, 4.69) is 0 Å². The fraction of sp³-hybridized carbons (Fsp3) is 0.556. The van der Waals surface area contributed by atoms with Crippen molar-refractivity contribution in [1.82, 2.24) is 4.90 Å². The third-order valence-corrected chi connectivity index (χ3v) is 4.48. The first-order chi connectivity index (χ1) is 10.6. The summed E-state index contributed by atoms with van der Waals surface area (Å²) < 4.78 is 0. The summed E-state index contributed by atoms with van der Waals surface area (Å²) in [5, 5.41) is 8.89. The summed E-state index contributed by atoms with van der Waals surface area (Å²) in [6.07, 6.45) is 8.09. The van der Waals surface area contributed by atoms with Crippen LogP contribution in [0.25, 0.3) is 0 Å². The van der Waals surface area contributed by atoms with Gasteiger partial charge in [0.2, 0.25) is 5.91 Å². The highest BCUT2D eigenvalue weighted by Crippen LogP contribution is 2.26. The van der Waals surface area contributed by atoms with Gasteiger partial charge in [0.25, 0.3) is 0 Å². The van der Waals surface area contributed by atoms with E-state index in [-0.39, 0.29) is 11.5 Å². The Bertz CT molecular complexity index is 502. The Kier molecular flexibility index (Phi) is 5.99. The molecule has 4 heteroatoms. The van der Waals surface area contributed by atoms with Crippen LogP contribution in [0.3, 0.4) is 0 Å². The number of carbonyl (C=O) groups is 2. The molecule has 0 atom stereocenters. The van der Waals surface area contributed by atoms with Crippen LogP contribution in [-0.4, -0.2) is 28.9 Å². The Hall–Kier alpha value is -1.84. The summed E-state index contributed by atoms with van der Waals surface area (Å²) in [5.41, 5.74) is 1.23. The third kappa shape index (κ3) is 4.86. The zero-order valence-electron chi connectivity index (χ0n) is 13.3. The summed E-state index contributed by atoms with van der Waals surface area (Å²) in [4.78, 5) is 24.9. The van der Waals surface area contributed by atoms with E-state index in [4.69, 9.17) is 5.11 Å². The minimum atomic E-state index is -0.927. The van der Waals surface area contributed by atoms with E-state index in [9.17, 15) is 9.59 Å². The molecule has 0 aromatic heterocycles. The molecule has 0 unspecified atom stereocenters. The number of carbonyl (C=O) groups excluding carboxylic acids is 1. The van der Waals surface area contributed by atoms with Gasteiger partial charge in [-0.3, -0.25) is 4.79 Å². The van der Waals surface area contributed by atoms with Gasteiger partial charge in [0.05, 0.1) is 5.56 Å². The van der Waals surface area contributed by atoms with Gasteiger partial charge in [0.15, 0.2) is 0 Å². The Morgan fingerprint density at radius 1 is 1.09 bits per heavy atom. The highest BCUT2D eigenvalue weighted by atomic mass is 16.4. The minimum Gasteiger partial charge on any atom is -0.478 e. The molecule has 0 saturated heterocycles. The molecule has 0 bridgehead atoms. The molecule has 0 radical (unpaired) electrons. The van der Waals surface area contributed by atoms with Crippen molar-refractivity contribution in [2.24, 2.45) is 5.92 Å². The van der Waals surface area contributed by atoms with E-state index < -0.39 is 5.97 Å². The van der Waals surface area contributed by atoms with Crippen LogP contribution in [0.1, 0.15) is 60.9 Å². The van der Waals surface area contributed by atoms with Gasteiger partial charge in [-0.05, 0) is 36.5 Å². The van der Waals surface area contributed by atoms with E-state index in [1.54, 1.807) is 29.2 Å². The van der Waals surface area contributed by atoms with Gasteiger partial charge in [0, 0.05) is 20.0 Å². The molecule has 22 heavy (non-hydrogen) atoms. The molecular formula is C18H25NO3. The fourth-order valence-electron chi connectivity index (χ4n) is 3.09. The van der Waals surface area contributed by atoms with Crippen LogP contribution < -0.4 is 0 Å². The average molecular weight is 303 g/mol. The SMILES string of the molecule is CN(Cc1ccc(C(=O)O)cc1)C(=O)CC1CCCCCC1. The van der Waals surface area contributed by atoms with Gasteiger partial charge in [-0.2, -0.15) is 0 Å². The van der Waals surface area contributed by atoms with Crippen LogP contribution in [0.15, 0.2) is 24.3 Å². The van der Waals surface area contributed by atoms with Gasteiger partial charge >= 0.3 is 5.97 Å². The smallest absolute Gasteiger partial charge is 0.335 e. The number of amides is 1. The third-order valence-electron chi connectivity index (χ3n) is 4.48. The van der Waals surface area contributed by atoms with Crippen molar-refractivity contribution < 1.29 is 14.7 Å². The standard InChI is InChI=1S/C18H25NO3/c1-19(13-15-8-10-16(11-9-15)18(21)22)17(20)12-14-6-4-2-3-5-7-14/h8-11,14H,2-7,12-13H2,1H3,(H,21,22). The maximum Gasteiger partial charge on any atom is 0.335 e. The lowest BCUT2D eigenvalue weighted by Gasteiger charge is -2.21. The monoisotopic (exact) mass is 303 g/mol. The summed E-state index contributed by atoms with van der Waals surface area (Å²) in [6.45, 7) is 0.533. The molecule has 1 aliphatic carbocycles. The summed E-state index contributed by atoms with van der Waals surface area (Å²) in [6, 6.07) is 6.72. The van der Waals surface area contributed by atoms with Gasteiger partial charge in [-0.25, -0.2) is 4.79 Å². The van der Waals surface area contributed by atoms with E-state index in [1.807, 2.05) is 7.05 Å². The van der Waals surface area contributed by atoms with E-state index in [0.717, 1.165) is 5.56 Å². The van der Waals surface area contributed by atoms with Crippen molar-refractivity contribution in [3.8, 4) is 0 Å². The molecule has 1 saturated carbocycles. The maximum atomic E-state index is 12.3. The maximum absolute atomic E-state index is 12.3. The number of hydrogen-bond donors (Lipinski definition) is 1. The van der Waals surface area contributed by atoms with Gasteiger partial charge < -0.3 is 10.0 Å². The van der Waals surface area contributed by atoms with Gasteiger partial charge in [-0.15, -0.1) is 0 Å². The molecule has 4 nitrogen and oxygen atoms in total. The number of carboxylic acid groups (broad SMARTS) is 1. The fourth-order valence-corrected chi connectivity index (χ4v) is 3.09. The van der Waals surface area contributed by atoms with E-state index >= 15 is 0 Å². The first-order valence-corrected chi connectivity index (χ1v) is 8.12. The minimum absolute atomic E-state index is 0.189. The van der Waals surface area contributed by atoms with Crippen molar-refractivity contribution in [2.45, 2.75) is 51.5 Å². The van der Waals surface area contributed by atoms with Crippen molar-refractivity contribution in [3.05, 3.63) is 35.4 Å². The highest BCUT2D eigenvalue weighted by molar-refractivity contribution is 5.87. The molecule has 1 aromatic rings. The van der Waals surface area contributed by atoms with E-state index in [1.165, 1.54) is 38.5 Å². The molecule has 1 N–H and O–H groups in total. The molecule has 0 aliphatic heterocycles. The Morgan fingerprint density at radius 3 is 2.23 bits per heavy atom. The second-order valence-electron chi connectivity index (χ2n) is 6.31. The number of hydrogen-bond acceptors (Lipinski definition) is 2. The van der Waals surface area contributed by atoms with E-state index in [0.29, 0.717) is 18.9 Å². The first kappa shape index (κ1) is 16.5. The van der Waals surface area contributed by atoms with Crippen LogP contribution in [0.2, 0.25) is 0 Å². The predicted octanol–water partition coefficient (Wildman–Crippen LogP) is 3.70. The quantitative estimate of drug-likeness (QED) is 0.844. The number of rotatable bonds is 5. The lowest BCUT2D eigenvalue weighted by atomic mass is 9.96. The van der Waals surface area contributed by atoms with Crippen molar-refractivity contribution >= 4 is 11.9 Å². The first-order valence-electron chi connectivity index (χ1n) is 8.12. The summed E-state index contributed by atoms with van der Waals surface area (Å²) in [7, 11) is 1.82. The molecule has 0 spiro atoms. The largest absolute Gasteiger partial charge is 0.478 e. The van der Waals surface area contributed by atoms with Crippen LogP contribution in [-0.2, 0) is 11.3 Å². The normalized spacial score (nSPS) is 16.0. The Labute approximate surface area is 132 Å². The molecule has 0 heterocycles. The number of aromatic carboxylic acids is 1. The average Bonchev–Trinajstić information content (AvgIpc) is 2.76. The number of benzene rings is 1. The lowest BCUT2D eigenvalue weighted by molar-refractivity contribution is -0.131. The topological polar surface area (TPSA) is 57.6 Å². The second-order valence-corrected chi connectivity index (χ2v) is 6.31. The second kappa shape index (κ2) is 7.97. The number of nitrogens with zero attached hydrogens (tertiary/aromatic N) is 1. The lowest BCUT2D eigenvalue weighted by Crippen LogP contribution is -2.28. The Morgan fingerprint density at radius 2 is 1.68 bits per heavy atom. The van der Waals surface area contributed by atoms with Gasteiger partial charge in [-0.1, -0.05) is 37.8 Å². The summed E-state index contributed by atoms with van der Waals surface area (Å²) >= 11 is 0. The Balaban J connectivity index is 1.86. The zero-order valence-corrected chi connectivity index (χ0v) is 13.3. The molecule has 2 rings (SSSR count). The molecule has 120 valence electrons. The van der Waals surface area contributed by atoms with Crippen LogP contribution in [0, 0.1) is 5.92 Å². The predicted molar refractivity (Wildman–Crippen MR) is 85.7 cm³/mol. The van der Waals surface area contributed by atoms with Crippen molar-refractivity contribution in [3.63, 3.8) is 0 Å². The molecule has 1 amide bonds. The van der Waals surface area contributed by atoms with Crippen LogP contribution in [0.5, 0.6) is 0 Å². The van der Waals surface area contributed by atoms with Crippen molar-refractivity contribution in [1.29, 1.82) is 0 Å². The molecular weight excluding hydrogens is 278 g/mol. The van der Waals surface area contributed by atoms with Crippen LogP contribution in [0.4, 0.5) is 0 Å². The molecule has 1 aliphatic rings. The van der Waals surface area contributed by atoms with Crippen molar-refractivity contribution in [2.75, 3.05) is 7.05 Å². The molecule has 1 aromatic carbocycles. The highest BCUT2D eigenvalue weighted by Gasteiger charge is 2.18.